The Kier molecular flexibility index (Phi) is 4.28. The summed E-state index contributed by atoms with van der Waals surface area (Å²) in [5, 5.41) is 8.66. The molecule has 3 N–H and O–H groups in total. The standard InChI is InChI=1S/C17H15N3O3S/c18-24(22,23)13-5-1-4-12(10-13)11-20-17(21)15-6-2-8-16-14(15)7-3-9-19-16/h1-10H,11H2,(H,20,21)(H2,18,22,23). The number of aromatic nitrogens is 1. The van der Waals surface area contributed by atoms with Gasteiger partial charge in [0.2, 0.25) is 10.0 Å². The predicted octanol–water partition coefficient (Wildman–Crippen LogP) is 1.81. The molecule has 0 aliphatic heterocycles. The molecule has 0 bridgehead atoms. The van der Waals surface area contributed by atoms with Gasteiger partial charge in [0.15, 0.2) is 0 Å². The van der Waals surface area contributed by atoms with E-state index in [1.165, 1.54) is 12.1 Å². The highest BCUT2D eigenvalue weighted by atomic mass is 32.2. The Balaban J connectivity index is 1.81. The largest absolute Gasteiger partial charge is 0.348 e. The van der Waals surface area contributed by atoms with Crippen molar-refractivity contribution < 1.29 is 13.2 Å². The first-order valence-corrected chi connectivity index (χ1v) is 8.73. The van der Waals surface area contributed by atoms with Crippen molar-refractivity contribution in [1.82, 2.24) is 10.3 Å². The van der Waals surface area contributed by atoms with E-state index in [4.69, 9.17) is 5.14 Å². The number of nitrogens with one attached hydrogen (secondary N) is 1. The third kappa shape index (κ3) is 3.42. The van der Waals surface area contributed by atoms with Crippen molar-refractivity contribution >= 4 is 26.8 Å². The van der Waals surface area contributed by atoms with E-state index >= 15 is 0 Å². The van der Waals surface area contributed by atoms with Crippen molar-refractivity contribution in [2.45, 2.75) is 11.4 Å². The number of sulfonamides is 1. The fourth-order valence-electron chi connectivity index (χ4n) is 2.41. The molecule has 6 nitrogen and oxygen atoms in total. The van der Waals surface area contributed by atoms with Gasteiger partial charge < -0.3 is 5.32 Å². The first-order chi connectivity index (χ1) is 11.4. The van der Waals surface area contributed by atoms with Crippen LogP contribution in [-0.4, -0.2) is 19.3 Å². The maximum Gasteiger partial charge on any atom is 0.252 e. The Morgan fingerprint density at radius 3 is 2.67 bits per heavy atom. The molecule has 3 rings (SSSR count). The summed E-state index contributed by atoms with van der Waals surface area (Å²) in [6.45, 7) is 0.193. The molecular weight excluding hydrogens is 326 g/mol. The molecule has 0 fully saturated rings. The molecule has 0 aliphatic carbocycles. The van der Waals surface area contributed by atoms with Gasteiger partial charge in [-0.1, -0.05) is 24.3 Å². The van der Waals surface area contributed by atoms with E-state index < -0.39 is 10.0 Å². The number of benzene rings is 2. The topological polar surface area (TPSA) is 102 Å². The highest BCUT2D eigenvalue weighted by Crippen LogP contribution is 2.16. The highest BCUT2D eigenvalue weighted by molar-refractivity contribution is 7.89. The van der Waals surface area contributed by atoms with E-state index in [1.54, 1.807) is 36.5 Å². The van der Waals surface area contributed by atoms with Gasteiger partial charge >= 0.3 is 0 Å². The van der Waals surface area contributed by atoms with Gasteiger partial charge in [-0.3, -0.25) is 9.78 Å². The second-order valence-corrected chi connectivity index (χ2v) is 6.81. The lowest BCUT2D eigenvalue weighted by molar-refractivity contribution is 0.0952. The Morgan fingerprint density at radius 1 is 1.08 bits per heavy atom. The molecular formula is C17H15N3O3S. The second kappa shape index (κ2) is 6.38. The molecule has 0 aliphatic rings. The van der Waals surface area contributed by atoms with Crippen LogP contribution in [0.25, 0.3) is 10.9 Å². The maximum absolute atomic E-state index is 12.4. The van der Waals surface area contributed by atoms with Gasteiger partial charge in [-0.15, -0.1) is 0 Å². The summed E-state index contributed by atoms with van der Waals surface area (Å²) in [6.07, 6.45) is 1.67. The summed E-state index contributed by atoms with van der Waals surface area (Å²) in [7, 11) is -3.77. The van der Waals surface area contributed by atoms with E-state index in [0.29, 0.717) is 11.1 Å². The predicted molar refractivity (Wildman–Crippen MR) is 90.7 cm³/mol. The molecule has 3 aromatic rings. The normalized spacial score (nSPS) is 11.4. The number of fused-ring (bicyclic) bond motifs is 1. The summed E-state index contributed by atoms with van der Waals surface area (Å²) in [6, 6.07) is 15.1. The molecule has 0 radical (unpaired) electrons. The smallest absolute Gasteiger partial charge is 0.252 e. The molecule has 1 amide bonds. The zero-order valence-corrected chi connectivity index (χ0v) is 13.5. The van der Waals surface area contributed by atoms with E-state index in [9.17, 15) is 13.2 Å². The highest BCUT2D eigenvalue weighted by Gasteiger charge is 2.11. The van der Waals surface area contributed by atoms with Gasteiger partial charge in [0.05, 0.1) is 10.4 Å². The Bertz CT molecular complexity index is 1010. The minimum Gasteiger partial charge on any atom is -0.348 e. The number of nitrogens with zero attached hydrogens (tertiary/aromatic N) is 1. The lowest BCUT2D eigenvalue weighted by atomic mass is 10.1. The average molecular weight is 341 g/mol. The summed E-state index contributed by atoms with van der Waals surface area (Å²) in [5.74, 6) is -0.255. The van der Waals surface area contributed by atoms with Crippen LogP contribution >= 0.6 is 0 Å². The molecule has 2 aromatic carbocycles. The van der Waals surface area contributed by atoms with Crippen LogP contribution in [0.2, 0.25) is 0 Å². The summed E-state index contributed by atoms with van der Waals surface area (Å²) in [5.41, 5.74) is 1.90. The zero-order chi connectivity index (χ0) is 17.2. The Morgan fingerprint density at radius 2 is 1.88 bits per heavy atom. The van der Waals surface area contributed by atoms with Crippen LogP contribution in [0, 0.1) is 0 Å². The van der Waals surface area contributed by atoms with Crippen LogP contribution in [-0.2, 0) is 16.6 Å². The summed E-state index contributed by atoms with van der Waals surface area (Å²) >= 11 is 0. The molecule has 0 saturated heterocycles. The molecule has 0 spiro atoms. The third-order valence-corrected chi connectivity index (χ3v) is 4.48. The molecule has 0 atom stereocenters. The number of pyridine rings is 1. The van der Waals surface area contributed by atoms with Crippen LogP contribution < -0.4 is 10.5 Å². The van der Waals surface area contributed by atoms with Crippen molar-refractivity contribution in [3.63, 3.8) is 0 Å². The molecule has 1 heterocycles. The molecule has 0 saturated carbocycles. The average Bonchev–Trinajstić information content (AvgIpc) is 2.58. The number of carbonyl (C=O) groups is 1. The maximum atomic E-state index is 12.4. The number of carbonyl (C=O) groups excluding carboxylic acids is 1. The first-order valence-electron chi connectivity index (χ1n) is 7.19. The van der Waals surface area contributed by atoms with Gasteiger partial charge in [-0.2, -0.15) is 0 Å². The Labute approximate surface area is 139 Å². The number of rotatable bonds is 4. The zero-order valence-electron chi connectivity index (χ0n) is 12.6. The van der Waals surface area contributed by atoms with Crippen molar-refractivity contribution in [2.75, 3.05) is 0 Å². The minimum absolute atomic E-state index is 0.0172. The van der Waals surface area contributed by atoms with Crippen LogP contribution in [0.3, 0.4) is 0 Å². The van der Waals surface area contributed by atoms with Gasteiger partial charge in [-0.05, 0) is 35.9 Å². The van der Waals surface area contributed by atoms with E-state index in [0.717, 1.165) is 10.9 Å². The van der Waals surface area contributed by atoms with Gasteiger partial charge in [0, 0.05) is 23.7 Å². The minimum atomic E-state index is -3.77. The number of nitrogens with two attached hydrogens (primary N) is 1. The fourth-order valence-corrected chi connectivity index (χ4v) is 3.00. The van der Waals surface area contributed by atoms with Crippen LogP contribution in [0.5, 0.6) is 0 Å². The monoisotopic (exact) mass is 341 g/mol. The van der Waals surface area contributed by atoms with Crippen LogP contribution in [0.1, 0.15) is 15.9 Å². The molecule has 7 heteroatoms. The van der Waals surface area contributed by atoms with Crippen molar-refractivity contribution in [2.24, 2.45) is 5.14 Å². The number of hydrogen-bond acceptors (Lipinski definition) is 4. The van der Waals surface area contributed by atoms with Crippen LogP contribution in [0.15, 0.2) is 65.7 Å². The second-order valence-electron chi connectivity index (χ2n) is 5.25. The number of amides is 1. The fraction of sp³-hybridized carbons (Fsp3) is 0.0588. The third-order valence-electron chi connectivity index (χ3n) is 3.57. The van der Waals surface area contributed by atoms with Gasteiger partial charge in [0.25, 0.3) is 5.91 Å². The lowest BCUT2D eigenvalue weighted by Gasteiger charge is -2.08. The van der Waals surface area contributed by atoms with Crippen molar-refractivity contribution in [3.05, 3.63) is 71.9 Å². The number of primary sulfonamides is 1. The van der Waals surface area contributed by atoms with Gasteiger partial charge in [0.1, 0.15) is 0 Å². The van der Waals surface area contributed by atoms with E-state index in [2.05, 4.69) is 10.3 Å². The molecule has 1 aromatic heterocycles. The van der Waals surface area contributed by atoms with E-state index in [1.807, 2.05) is 12.1 Å². The first kappa shape index (κ1) is 16.1. The summed E-state index contributed by atoms with van der Waals surface area (Å²) in [4.78, 5) is 16.7. The Hall–Kier alpha value is -2.77. The number of hydrogen-bond donors (Lipinski definition) is 2. The molecule has 122 valence electrons. The van der Waals surface area contributed by atoms with Crippen molar-refractivity contribution in [1.29, 1.82) is 0 Å². The summed E-state index contributed by atoms with van der Waals surface area (Å²) < 4.78 is 22.7. The van der Waals surface area contributed by atoms with Gasteiger partial charge in [-0.25, -0.2) is 13.6 Å². The molecule has 24 heavy (non-hydrogen) atoms. The quantitative estimate of drug-likeness (QED) is 0.755. The lowest BCUT2D eigenvalue weighted by Crippen LogP contribution is -2.23. The van der Waals surface area contributed by atoms with Crippen LogP contribution in [0.4, 0.5) is 0 Å². The van der Waals surface area contributed by atoms with E-state index in [-0.39, 0.29) is 17.3 Å². The SMILES string of the molecule is NS(=O)(=O)c1cccc(CNC(=O)c2cccc3ncccc23)c1. The molecule has 0 unspecified atom stereocenters. The van der Waals surface area contributed by atoms with Crippen molar-refractivity contribution in [3.8, 4) is 0 Å².